The van der Waals surface area contributed by atoms with Crippen molar-refractivity contribution in [1.29, 1.82) is 0 Å². The van der Waals surface area contributed by atoms with E-state index >= 15 is 0 Å². The zero-order valence-electron chi connectivity index (χ0n) is 57.8. The number of methoxy groups -OCH3 is 5. The van der Waals surface area contributed by atoms with Gasteiger partial charge in [-0.15, -0.1) is 0 Å². The van der Waals surface area contributed by atoms with Gasteiger partial charge in [-0.25, -0.2) is 34.7 Å². The Hall–Kier alpha value is 2.44. The summed E-state index contributed by atoms with van der Waals surface area (Å²) in [5, 5.41) is 22.3. The molecule has 57 heteroatoms. The van der Waals surface area contributed by atoms with E-state index in [-0.39, 0.29) is 161 Å². The molecule has 0 amide bonds. The quantitative estimate of drug-likeness (QED) is 0.0157. The number of carboxylic acid groups (broad SMARTS) is 2. The van der Waals surface area contributed by atoms with Crippen LogP contribution in [-0.4, -0.2) is 328 Å². The molecule has 574 valence electrons. The van der Waals surface area contributed by atoms with E-state index in [9.17, 15) is 97.6 Å². The molecule has 0 aromatic carbocycles. The molecule has 1 unspecified atom stereocenters. The number of carbonyl (C=O) groups is 2. The summed E-state index contributed by atoms with van der Waals surface area (Å²) in [6, 6.07) is -1.50. The smallest absolute Gasteiger partial charge is 0.479 e. The molecule has 0 aliphatic carbocycles. The molecule has 7 aliphatic heterocycles. The second-order valence-electron chi connectivity index (χ2n) is 22.0. The first kappa shape index (κ1) is 103. The molecule has 103 heavy (non-hydrogen) atoms. The molecule has 0 aromatic rings. The topological polar surface area (TPSA) is 639 Å². The molecule has 0 saturated carbocycles. The molecule has 0 spiro atoms. The van der Waals surface area contributed by atoms with Crippen LogP contribution in [0.5, 0.6) is 0 Å². The summed E-state index contributed by atoms with van der Waals surface area (Å²) in [6.07, 6.45) is -46.2. The van der Waals surface area contributed by atoms with Crippen molar-refractivity contribution in [2.45, 2.75) is 205 Å². The third-order valence-corrected chi connectivity index (χ3v) is 18.6. The van der Waals surface area contributed by atoms with Crippen molar-refractivity contribution in [3.8, 4) is 0 Å². The summed E-state index contributed by atoms with van der Waals surface area (Å²) in [5.74, 6) is -4.09. The van der Waals surface area contributed by atoms with Gasteiger partial charge in [0.2, 0.25) is 5.60 Å². The van der Waals surface area contributed by atoms with Crippen LogP contribution in [-0.2, 0) is 178 Å². The fourth-order valence-corrected chi connectivity index (χ4v) is 14.0. The summed E-state index contributed by atoms with van der Waals surface area (Å²) >= 11 is 0. The predicted octanol–water partition coefficient (Wildman–Crippen LogP) is -19.7. The van der Waals surface area contributed by atoms with Crippen molar-refractivity contribution in [1.82, 2.24) is 0 Å². The number of hydrogen-bond donors (Lipinski definition) is 9. The van der Waals surface area contributed by atoms with E-state index in [0.29, 0.717) is 25.7 Å². The molecule has 7 aliphatic rings. The van der Waals surface area contributed by atoms with E-state index in [1.807, 2.05) is 13.8 Å². The van der Waals surface area contributed by atoms with E-state index in [1.54, 1.807) is 0 Å². The number of carboxylic acids is 2. The van der Waals surface area contributed by atoms with Crippen LogP contribution in [0.25, 0.3) is 0 Å². The maximum atomic E-state index is 13.9. The zero-order chi connectivity index (χ0) is 73.5. The predicted molar refractivity (Wildman–Crippen MR) is 305 cm³/mol. The van der Waals surface area contributed by atoms with Gasteiger partial charge in [0.1, 0.15) is 91.6 Å². The van der Waals surface area contributed by atoms with Gasteiger partial charge in [-0.1, -0.05) is 33.6 Å². The average Bonchev–Trinajstić information content (AvgIpc) is 0.723. The first-order valence-corrected chi connectivity index (χ1v) is 37.2. The molecular formula is C46H79NNa5O45S6+5. The Balaban J connectivity index is 0.0000106. The van der Waals surface area contributed by atoms with Crippen LogP contribution in [0.2, 0.25) is 0 Å². The summed E-state index contributed by atoms with van der Waals surface area (Å²) in [6.45, 7) is -0.232. The Morgan fingerprint density at radius 1 is 0.427 bits per heavy atom. The molecular weight excluding hydrogens is 1590 g/mol. The van der Waals surface area contributed by atoms with E-state index in [4.69, 9.17) is 98.8 Å². The molecule has 2 bridgehead atoms. The molecule has 7 rings (SSSR count). The molecule has 46 nitrogen and oxygen atoms in total. The third kappa shape index (κ3) is 27.8. The van der Waals surface area contributed by atoms with E-state index in [2.05, 4.69) is 12.5 Å². The fourth-order valence-electron chi connectivity index (χ4n) is 11.6. The van der Waals surface area contributed by atoms with Crippen LogP contribution < -0.4 is 154 Å². The normalized spacial score (nSPS) is 36.5. The molecule has 10 N–H and O–H groups in total. The van der Waals surface area contributed by atoms with Gasteiger partial charge in [-0.2, -0.15) is 50.5 Å². The first-order valence-electron chi connectivity index (χ1n) is 29.0. The molecule has 7 saturated heterocycles. The van der Waals surface area contributed by atoms with Gasteiger partial charge in [0, 0.05) is 48.8 Å². The van der Waals surface area contributed by atoms with Gasteiger partial charge in [-0.05, 0) is 19.3 Å². The Labute approximate surface area is 703 Å². The SMILES string of the molecule is CCCCO[C@@H]1[C@@H](N)[C@H](O[C@H]2[C@H](OC)[C@@H](OC)[C@H](O[C@H]3[C@H](OS(=O)(=O)O)[C@@H](OS(=O)(=O)O)[C@@H](O[C@H]4[C@H](OC)[C@H]5OC[C@]4(C(=O)O)OC5O[C@H]4[C@H](OC)[C@@H](OS(=O)(=O)O)[C@@H](OC)O[C@@H]4COS(=O)(=O)O)O[C@@H]3COS(=O)(=O)O)O[C@]2(CC)C(=O)O)O[C@H](COS(=O)(=O)O)[C@H]1OCCCC.[Na+].[Na+].[Na+].[Na+].[Na+]. The minimum absolute atomic E-state index is 0. The van der Waals surface area contributed by atoms with Crippen LogP contribution in [0, 0.1) is 0 Å². The van der Waals surface area contributed by atoms with Crippen molar-refractivity contribution < 1.29 is 351 Å². The van der Waals surface area contributed by atoms with Crippen LogP contribution in [0.4, 0.5) is 0 Å². The number of rotatable bonds is 39. The maximum absolute atomic E-state index is 13.9. The van der Waals surface area contributed by atoms with Crippen LogP contribution in [0.15, 0.2) is 0 Å². The monoisotopic (exact) mass is 1670 g/mol. The second kappa shape index (κ2) is 44.0. The number of nitrogens with two attached hydrogens (primary N) is 1. The minimum Gasteiger partial charge on any atom is -0.479 e. The number of fused-ring (bicyclic) bond motifs is 3. The van der Waals surface area contributed by atoms with Gasteiger partial charge in [0.15, 0.2) is 49.3 Å². The van der Waals surface area contributed by atoms with E-state index in [0.717, 1.165) is 35.5 Å². The second-order valence-corrected chi connectivity index (χ2v) is 28.4. The Morgan fingerprint density at radius 3 is 1.25 bits per heavy atom. The van der Waals surface area contributed by atoms with Crippen molar-refractivity contribution in [2.24, 2.45) is 5.73 Å². The van der Waals surface area contributed by atoms with Gasteiger partial charge < -0.3 is 96.5 Å². The number of unbranched alkanes of at least 4 members (excludes halogenated alkanes) is 2. The Kier molecular flexibility index (Phi) is 44.2. The fraction of sp³-hybridized carbons (Fsp3) is 0.957. The maximum Gasteiger partial charge on any atom is 1.00 e. The average molecular weight is 1670 g/mol. The zero-order valence-corrected chi connectivity index (χ0v) is 72.7. The summed E-state index contributed by atoms with van der Waals surface area (Å²) < 4.78 is 336. The first-order chi connectivity index (χ1) is 45.5. The standard InChI is InChI=1S/C46H79NO45S6.5Na/c1-9-12-14-75-24-20(16-78-93(52,53)54)81-38(23(47)27(24)76-15-13-10-2)86-36-30(71-5)32(73-7)41(88-45(36,11-3)43(48)49)85-26-22(18-80-95(58,59)60)83-40(35(92-98(67,68)69)29(26)90-96(61,62)63)87-37-31(72-6)33-42(89-46(37,19-77-33)44(50)51)84-25-21(17-79-94(55,56)57)82-39(74-8)34(28(25)70-4)91-97(64,65)66;;;;;/h20-42H,9-19,47H2,1-8H3,(H,48,49)(H,50,51)(H,52,53,54)(H,55,56,57)(H,58,59,60)(H,61,62,63)(H,64,65,66)(H,67,68,69);;;;;/q;5*+1/t20-,21-,22-,23-,24-,25-,26-,27-,28+,29+,30-,31-,32-,33-,34-,35-,36+,37+,38+,39+,40-,41-,42?,45+,46+;;;;;/m1...../s1. The minimum atomic E-state index is -6.16. The number of ether oxygens (including phenoxy) is 17. The van der Waals surface area contributed by atoms with Crippen LogP contribution in [0.3, 0.4) is 0 Å². The van der Waals surface area contributed by atoms with Crippen molar-refractivity contribution in [3.63, 3.8) is 0 Å². The Bertz CT molecular complexity index is 3360. The van der Waals surface area contributed by atoms with E-state index < -0.39 is 260 Å². The number of aliphatic carboxylic acids is 2. The van der Waals surface area contributed by atoms with Crippen LogP contribution in [0.1, 0.15) is 52.9 Å². The largest absolute Gasteiger partial charge is 1.00 e. The molecule has 0 radical (unpaired) electrons. The third-order valence-electron chi connectivity index (χ3n) is 15.9. The van der Waals surface area contributed by atoms with Crippen LogP contribution >= 0.6 is 0 Å². The van der Waals surface area contributed by atoms with Gasteiger partial charge in [0.25, 0.3) is 0 Å². The summed E-state index contributed by atoms with van der Waals surface area (Å²) in [7, 11) is -29.5. The van der Waals surface area contributed by atoms with Gasteiger partial charge in [0.05, 0.1) is 32.5 Å². The summed E-state index contributed by atoms with van der Waals surface area (Å²) in [5.41, 5.74) is 0.694. The van der Waals surface area contributed by atoms with Gasteiger partial charge in [-0.3, -0.25) is 27.3 Å². The van der Waals surface area contributed by atoms with Crippen molar-refractivity contribution >= 4 is 74.3 Å². The molecule has 25 atom stereocenters. The molecule has 7 fully saturated rings. The molecule has 0 aromatic heterocycles. The summed E-state index contributed by atoms with van der Waals surface area (Å²) in [4.78, 5) is 27.7. The van der Waals surface area contributed by atoms with Gasteiger partial charge >= 0.3 is 222 Å². The number of hydrogen-bond acceptors (Lipinski definition) is 38. The van der Waals surface area contributed by atoms with Crippen molar-refractivity contribution in [2.75, 3.05) is 75.2 Å². The van der Waals surface area contributed by atoms with Crippen molar-refractivity contribution in [3.05, 3.63) is 0 Å². The molecule has 7 heterocycles. The van der Waals surface area contributed by atoms with E-state index in [1.165, 1.54) is 6.92 Å². The Morgan fingerprint density at radius 2 is 0.835 bits per heavy atom.